The quantitative estimate of drug-likeness (QED) is 0.669. The molecule has 13 heavy (non-hydrogen) atoms. The van der Waals surface area contributed by atoms with Crippen molar-refractivity contribution >= 4 is 32.4 Å². The predicted molar refractivity (Wildman–Crippen MR) is 60.1 cm³/mol. The molecular weight excluding hydrogens is 250 g/mol. The molecule has 0 atom stereocenters. The van der Waals surface area contributed by atoms with E-state index in [-0.39, 0.29) is 0 Å². The van der Waals surface area contributed by atoms with E-state index >= 15 is 0 Å². The zero-order chi connectivity index (χ0) is 9.68. The van der Waals surface area contributed by atoms with Crippen molar-refractivity contribution in [2.24, 2.45) is 0 Å². The molecule has 0 aliphatic carbocycles. The summed E-state index contributed by atoms with van der Waals surface area (Å²) in [6.45, 7) is 5.11. The van der Waals surface area contributed by atoms with Gasteiger partial charge in [-0.05, 0) is 36.2 Å². The maximum Gasteiger partial charge on any atom is 0.206 e. The molecule has 5 heteroatoms. The maximum atomic E-state index is 3.92. The van der Waals surface area contributed by atoms with E-state index in [1.807, 2.05) is 0 Å². The van der Waals surface area contributed by atoms with Gasteiger partial charge in [0.2, 0.25) is 5.13 Å². The lowest BCUT2D eigenvalue weighted by molar-refractivity contribution is 1.01. The van der Waals surface area contributed by atoms with Gasteiger partial charge in [-0.3, -0.25) is 0 Å². The van der Waals surface area contributed by atoms with E-state index in [4.69, 9.17) is 0 Å². The number of hydrogen-bond acceptors (Lipinski definition) is 4. The van der Waals surface area contributed by atoms with Crippen LogP contribution in [0.2, 0.25) is 0 Å². The molecule has 0 aliphatic rings. The summed E-state index contributed by atoms with van der Waals surface area (Å²) in [5.41, 5.74) is 1.35. The van der Waals surface area contributed by atoms with Crippen LogP contribution in [0.3, 0.4) is 0 Å². The minimum atomic E-state index is 0.817. The Labute approximate surface area is 90.4 Å². The third-order valence-corrected chi connectivity index (χ3v) is 2.69. The molecule has 0 aromatic carbocycles. The highest BCUT2D eigenvalue weighted by Crippen LogP contribution is 2.19. The zero-order valence-corrected chi connectivity index (χ0v) is 10.1. The molecule has 1 aromatic rings. The van der Waals surface area contributed by atoms with Gasteiger partial charge in [0.1, 0.15) is 0 Å². The maximum absolute atomic E-state index is 3.92. The molecule has 0 spiro atoms. The summed E-state index contributed by atoms with van der Waals surface area (Å²) < 4.78 is 0.817. The van der Waals surface area contributed by atoms with Crippen molar-refractivity contribution in [1.29, 1.82) is 0 Å². The first-order valence-corrected chi connectivity index (χ1v) is 5.65. The van der Waals surface area contributed by atoms with Crippen LogP contribution in [-0.4, -0.2) is 16.7 Å². The van der Waals surface area contributed by atoms with Crippen LogP contribution >= 0.6 is 27.3 Å². The molecule has 1 N–H and O–H groups in total. The predicted octanol–water partition coefficient (Wildman–Crippen LogP) is 3.07. The van der Waals surface area contributed by atoms with E-state index in [1.165, 1.54) is 16.9 Å². The highest BCUT2D eigenvalue weighted by Gasteiger charge is 1.97. The van der Waals surface area contributed by atoms with Crippen molar-refractivity contribution in [3.05, 3.63) is 15.6 Å². The minimum absolute atomic E-state index is 0.817. The van der Waals surface area contributed by atoms with E-state index in [0.717, 1.165) is 22.0 Å². The van der Waals surface area contributed by atoms with Crippen LogP contribution in [0.1, 0.15) is 20.3 Å². The third-order valence-electron chi connectivity index (χ3n) is 1.37. The van der Waals surface area contributed by atoms with Crippen molar-refractivity contribution in [1.82, 2.24) is 10.2 Å². The van der Waals surface area contributed by atoms with Gasteiger partial charge in [0.25, 0.3) is 0 Å². The van der Waals surface area contributed by atoms with Crippen LogP contribution in [0.25, 0.3) is 0 Å². The number of anilines is 1. The largest absolute Gasteiger partial charge is 0.360 e. The van der Waals surface area contributed by atoms with Gasteiger partial charge in [0.15, 0.2) is 3.92 Å². The van der Waals surface area contributed by atoms with Crippen molar-refractivity contribution in [3.8, 4) is 0 Å². The molecule has 0 amide bonds. The molecule has 3 nitrogen and oxygen atoms in total. The van der Waals surface area contributed by atoms with Crippen molar-refractivity contribution in [3.63, 3.8) is 0 Å². The number of nitrogens with zero attached hydrogens (tertiary/aromatic N) is 2. The molecule has 1 rings (SSSR count). The Morgan fingerprint density at radius 2 is 2.31 bits per heavy atom. The first-order chi connectivity index (χ1) is 6.18. The summed E-state index contributed by atoms with van der Waals surface area (Å²) in [4.78, 5) is 0. The highest BCUT2D eigenvalue weighted by atomic mass is 79.9. The monoisotopic (exact) mass is 261 g/mol. The second-order valence-corrected chi connectivity index (χ2v) is 5.11. The number of rotatable bonds is 4. The van der Waals surface area contributed by atoms with Crippen LogP contribution < -0.4 is 5.32 Å². The van der Waals surface area contributed by atoms with Gasteiger partial charge in [0, 0.05) is 6.54 Å². The Hall–Kier alpha value is -0.420. The average molecular weight is 262 g/mol. The van der Waals surface area contributed by atoms with Crippen LogP contribution in [0, 0.1) is 0 Å². The summed E-state index contributed by atoms with van der Waals surface area (Å²) in [7, 11) is 0. The molecule has 72 valence electrons. The van der Waals surface area contributed by atoms with E-state index in [2.05, 4.69) is 51.4 Å². The summed E-state index contributed by atoms with van der Waals surface area (Å²) in [5, 5.41) is 11.8. The van der Waals surface area contributed by atoms with Gasteiger partial charge < -0.3 is 5.32 Å². The summed E-state index contributed by atoms with van der Waals surface area (Å²) in [6, 6.07) is 0. The molecular formula is C8H12BrN3S. The normalized spacial score (nSPS) is 9.77. The second kappa shape index (κ2) is 5.34. The van der Waals surface area contributed by atoms with Gasteiger partial charge in [-0.2, -0.15) is 0 Å². The minimum Gasteiger partial charge on any atom is -0.360 e. The first-order valence-electron chi connectivity index (χ1n) is 4.04. The van der Waals surface area contributed by atoms with Crippen molar-refractivity contribution in [2.45, 2.75) is 20.3 Å². The highest BCUT2D eigenvalue weighted by molar-refractivity contribution is 9.11. The molecule has 0 aliphatic heterocycles. The molecule has 0 saturated carbocycles. The fourth-order valence-corrected chi connectivity index (χ4v) is 1.85. The Morgan fingerprint density at radius 1 is 1.54 bits per heavy atom. The van der Waals surface area contributed by atoms with E-state index in [0.29, 0.717) is 0 Å². The molecule has 0 fully saturated rings. The number of aromatic nitrogens is 2. The van der Waals surface area contributed by atoms with Gasteiger partial charge in [0.05, 0.1) is 0 Å². The van der Waals surface area contributed by atoms with Crippen LogP contribution in [0.5, 0.6) is 0 Å². The molecule has 0 unspecified atom stereocenters. The summed E-state index contributed by atoms with van der Waals surface area (Å²) in [6.07, 6.45) is 3.22. The standard InChI is InChI=1S/C8H12BrN3S/c1-6(2)4-3-5-10-8-12-11-7(9)13-8/h4H,3,5H2,1-2H3,(H,10,12). The fourth-order valence-electron chi connectivity index (χ4n) is 0.817. The fraction of sp³-hybridized carbons (Fsp3) is 0.500. The molecule has 1 heterocycles. The summed E-state index contributed by atoms with van der Waals surface area (Å²) >= 11 is 4.77. The molecule has 0 bridgehead atoms. The third kappa shape index (κ3) is 4.38. The number of hydrogen-bond donors (Lipinski definition) is 1. The Morgan fingerprint density at radius 3 is 2.85 bits per heavy atom. The summed E-state index contributed by atoms with van der Waals surface area (Å²) in [5.74, 6) is 0. The number of nitrogens with one attached hydrogen (secondary N) is 1. The lowest BCUT2D eigenvalue weighted by Crippen LogP contribution is -1.99. The Balaban J connectivity index is 2.24. The molecule has 0 saturated heterocycles. The van der Waals surface area contributed by atoms with Crippen LogP contribution in [-0.2, 0) is 0 Å². The van der Waals surface area contributed by atoms with E-state index < -0.39 is 0 Å². The second-order valence-electron chi connectivity index (χ2n) is 2.86. The molecule has 1 aromatic heterocycles. The van der Waals surface area contributed by atoms with Gasteiger partial charge in [-0.15, -0.1) is 10.2 Å². The van der Waals surface area contributed by atoms with Crippen molar-refractivity contribution in [2.75, 3.05) is 11.9 Å². The van der Waals surface area contributed by atoms with Gasteiger partial charge >= 0.3 is 0 Å². The van der Waals surface area contributed by atoms with Crippen molar-refractivity contribution < 1.29 is 0 Å². The Kier molecular flexibility index (Phi) is 4.38. The Bertz CT molecular complexity index is 291. The lowest BCUT2D eigenvalue weighted by Gasteiger charge is -1.97. The smallest absolute Gasteiger partial charge is 0.206 e. The van der Waals surface area contributed by atoms with E-state index in [1.54, 1.807) is 0 Å². The lowest BCUT2D eigenvalue weighted by atomic mass is 10.3. The zero-order valence-electron chi connectivity index (χ0n) is 7.67. The topological polar surface area (TPSA) is 37.8 Å². The first kappa shape index (κ1) is 10.7. The van der Waals surface area contributed by atoms with E-state index in [9.17, 15) is 0 Å². The average Bonchev–Trinajstić information content (AvgIpc) is 2.45. The molecule has 0 radical (unpaired) electrons. The van der Waals surface area contributed by atoms with Crippen LogP contribution in [0.4, 0.5) is 5.13 Å². The number of halogens is 1. The van der Waals surface area contributed by atoms with Gasteiger partial charge in [-0.25, -0.2) is 0 Å². The SMILES string of the molecule is CC(C)=CCCNc1nnc(Br)s1. The number of allylic oxidation sites excluding steroid dienone is 1. The van der Waals surface area contributed by atoms with Crippen LogP contribution in [0.15, 0.2) is 15.6 Å². The van der Waals surface area contributed by atoms with Gasteiger partial charge in [-0.1, -0.05) is 23.0 Å².